The minimum Gasteiger partial charge on any atom is -0.351 e. The molecule has 1 fully saturated rings. The molecular formula is C22H26FN3O2. The highest BCUT2D eigenvalue weighted by atomic mass is 19.1. The van der Waals surface area contributed by atoms with Gasteiger partial charge < -0.3 is 16.4 Å². The van der Waals surface area contributed by atoms with E-state index in [0.29, 0.717) is 12.1 Å². The molecule has 1 aliphatic carbocycles. The Morgan fingerprint density at radius 3 is 2.50 bits per heavy atom. The predicted molar refractivity (Wildman–Crippen MR) is 109 cm³/mol. The number of carbonyl (C=O) groups excluding carboxylic acids is 2. The summed E-state index contributed by atoms with van der Waals surface area (Å²) in [5, 5.41) is 5.16. The van der Waals surface area contributed by atoms with Crippen molar-refractivity contribution in [3.8, 4) is 0 Å². The van der Waals surface area contributed by atoms with Gasteiger partial charge in [0.15, 0.2) is 0 Å². The van der Waals surface area contributed by atoms with Gasteiger partial charge in [0.25, 0.3) is 0 Å². The molecule has 4 N–H and O–H groups in total. The highest BCUT2D eigenvalue weighted by molar-refractivity contribution is 5.96. The van der Waals surface area contributed by atoms with Gasteiger partial charge in [0, 0.05) is 5.69 Å². The van der Waals surface area contributed by atoms with Crippen molar-refractivity contribution in [3.63, 3.8) is 0 Å². The lowest BCUT2D eigenvalue weighted by molar-refractivity contribution is -0.127. The Kier molecular flexibility index (Phi) is 5.97. The molecule has 1 aliphatic rings. The minimum atomic E-state index is -0.856. The summed E-state index contributed by atoms with van der Waals surface area (Å²) in [6.45, 7) is 2.04. The van der Waals surface area contributed by atoms with Gasteiger partial charge in [0.05, 0.1) is 11.1 Å². The molecule has 0 atom stereocenters. The molecule has 0 radical (unpaired) electrons. The molecule has 28 heavy (non-hydrogen) atoms. The second kappa shape index (κ2) is 8.42. The summed E-state index contributed by atoms with van der Waals surface area (Å²) >= 11 is 0. The molecule has 2 aromatic carbocycles. The molecule has 0 saturated heterocycles. The van der Waals surface area contributed by atoms with Gasteiger partial charge in [-0.1, -0.05) is 49.1 Å². The summed E-state index contributed by atoms with van der Waals surface area (Å²) in [5.41, 5.74) is 7.29. The van der Waals surface area contributed by atoms with Crippen LogP contribution in [0.3, 0.4) is 0 Å². The molecule has 1 saturated carbocycles. The summed E-state index contributed by atoms with van der Waals surface area (Å²) in [5.74, 6) is -0.672. The molecule has 5 nitrogen and oxygen atoms in total. The molecule has 0 heterocycles. The first-order chi connectivity index (χ1) is 13.4. The van der Waals surface area contributed by atoms with Crippen molar-refractivity contribution in [2.24, 2.45) is 11.1 Å². The van der Waals surface area contributed by atoms with Crippen molar-refractivity contribution >= 4 is 23.3 Å². The molecule has 3 rings (SSSR count). The molecule has 0 spiro atoms. The Hall–Kier alpha value is -2.89. The molecule has 0 bridgehead atoms. The predicted octanol–water partition coefficient (Wildman–Crippen LogP) is 4.76. The fourth-order valence-corrected chi connectivity index (χ4v) is 4.02. The number of halogens is 1. The second-order valence-corrected chi connectivity index (χ2v) is 7.64. The van der Waals surface area contributed by atoms with Crippen LogP contribution in [-0.2, 0) is 11.2 Å². The van der Waals surface area contributed by atoms with Crippen LogP contribution in [0, 0.1) is 18.2 Å². The van der Waals surface area contributed by atoms with Gasteiger partial charge >= 0.3 is 6.03 Å². The molecule has 0 aliphatic heterocycles. The third kappa shape index (κ3) is 4.68. The SMILES string of the molecule is Cc1cccc(CC2(C(=O)Nc3ccc(F)c(NC(N)=O)c3)CCCCC2)c1. The van der Waals surface area contributed by atoms with Crippen LogP contribution in [0.1, 0.15) is 43.2 Å². The van der Waals surface area contributed by atoms with Crippen molar-refractivity contribution < 1.29 is 14.0 Å². The third-order valence-corrected chi connectivity index (χ3v) is 5.40. The Morgan fingerprint density at radius 2 is 1.82 bits per heavy atom. The van der Waals surface area contributed by atoms with E-state index in [2.05, 4.69) is 22.8 Å². The van der Waals surface area contributed by atoms with Crippen LogP contribution in [-0.4, -0.2) is 11.9 Å². The Bertz CT molecular complexity index is 876. The van der Waals surface area contributed by atoms with Crippen molar-refractivity contribution in [2.75, 3.05) is 10.6 Å². The number of benzene rings is 2. The maximum atomic E-state index is 13.8. The first-order valence-electron chi connectivity index (χ1n) is 9.61. The van der Waals surface area contributed by atoms with Crippen molar-refractivity contribution in [3.05, 3.63) is 59.4 Å². The number of amides is 3. The fourth-order valence-electron chi connectivity index (χ4n) is 4.02. The highest BCUT2D eigenvalue weighted by Gasteiger charge is 2.39. The molecule has 0 aromatic heterocycles. The Morgan fingerprint density at radius 1 is 1.07 bits per heavy atom. The van der Waals surface area contributed by atoms with E-state index in [9.17, 15) is 14.0 Å². The van der Waals surface area contributed by atoms with E-state index < -0.39 is 17.3 Å². The largest absolute Gasteiger partial charge is 0.351 e. The number of rotatable bonds is 5. The van der Waals surface area contributed by atoms with Gasteiger partial charge in [-0.2, -0.15) is 0 Å². The van der Waals surface area contributed by atoms with Crippen LogP contribution in [0.4, 0.5) is 20.6 Å². The van der Waals surface area contributed by atoms with Crippen LogP contribution < -0.4 is 16.4 Å². The van der Waals surface area contributed by atoms with Crippen LogP contribution in [0.2, 0.25) is 0 Å². The van der Waals surface area contributed by atoms with Gasteiger partial charge in [-0.25, -0.2) is 9.18 Å². The zero-order valence-corrected chi connectivity index (χ0v) is 16.1. The summed E-state index contributed by atoms with van der Waals surface area (Å²) < 4.78 is 13.8. The van der Waals surface area contributed by atoms with Crippen LogP contribution in [0.15, 0.2) is 42.5 Å². The van der Waals surface area contributed by atoms with E-state index in [1.807, 2.05) is 19.1 Å². The van der Waals surface area contributed by atoms with Gasteiger partial charge in [-0.3, -0.25) is 4.79 Å². The normalized spacial score (nSPS) is 15.6. The van der Waals surface area contributed by atoms with Crippen LogP contribution in [0.5, 0.6) is 0 Å². The smallest absolute Gasteiger partial charge is 0.316 e. The van der Waals surface area contributed by atoms with E-state index in [1.165, 1.54) is 23.8 Å². The molecule has 2 aromatic rings. The highest BCUT2D eigenvalue weighted by Crippen LogP contribution is 2.40. The van der Waals surface area contributed by atoms with E-state index in [0.717, 1.165) is 37.7 Å². The molecular weight excluding hydrogens is 357 g/mol. The Balaban J connectivity index is 1.83. The maximum absolute atomic E-state index is 13.8. The first kappa shape index (κ1) is 19.9. The van der Waals surface area contributed by atoms with Gasteiger partial charge in [0.1, 0.15) is 5.82 Å². The zero-order chi connectivity index (χ0) is 20.1. The number of carbonyl (C=O) groups is 2. The number of primary amides is 1. The number of nitrogens with two attached hydrogens (primary N) is 1. The van der Waals surface area contributed by atoms with Crippen LogP contribution in [0.25, 0.3) is 0 Å². The van der Waals surface area contributed by atoms with Gasteiger partial charge in [-0.05, 0) is 49.9 Å². The molecule has 148 valence electrons. The third-order valence-electron chi connectivity index (χ3n) is 5.40. The van der Waals surface area contributed by atoms with Crippen LogP contribution >= 0.6 is 0 Å². The van der Waals surface area contributed by atoms with E-state index in [-0.39, 0.29) is 11.6 Å². The summed E-state index contributed by atoms with van der Waals surface area (Å²) in [4.78, 5) is 24.3. The fraction of sp³-hybridized carbons (Fsp3) is 0.364. The lowest BCUT2D eigenvalue weighted by Gasteiger charge is -2.36. The number of urea groups is 1. The average Bonchev–Trinajstić information content (AvgIpc) is 2.65. The first-order valence-corrected chi connectivity index (χ1v) is 9.61. The maximum Gasteiger partial charge on any atom is 0.316 e. The van der Waals surface area contributed by atoms with Gasteiger partial charge in [0.2, 0.25) is 5.91 Å². The lowest BCUT2D eigenvalue weighted by Crippen LogP contribution is -2.40. The van der Waals surface area contributed by atoms with Gasteiger partial charge in [-0.15, -0.1) is 0 Å². The average molecular weight is 383 g/mol. The standard InChI is InChI=1S/C22H26FN3O2/c1-15-6-5-7-16(12-15)14-22(10-3-2-4-11-22)20(27)25-17-8-9-18(23)19(13-17)26-21(24)28/h5-9,12-13H,2-4,10-11,14H2,1H3,(H,25,27)(H3,24,26,28). The topological polar surface area (TPSA) is 84.2 Å². The van der Waals surface area contributed by atoms with Crippen molar-refractivity contribution in [2.45, 2.75) is 45.4 Å². The minimum absolute atomic E-state index is 0.0540. The number of hydrogen-bond acceptors (Lipinski definition) is 2. The summed E-state index contributed by atoms with van der Waals surface area (Å²) in [6.07, 6.45) is 5.47. The number of aryl methyl sites for hydroxylation is 1. The van der Waals surface area contributed by atoms with E-state index in [1.54, 1.807) is 0 Å². The summed E-state index contributed by atoms with van der Waals surface area (Å²) in [6, 6.07) is 11.5. The monoisotopic (exact) mass is 383 g/mol. The van der Waals surface area contributed by atoms with E-state index >= 15 is 0 Å². The quantitative estimate of drug-likeness (QED) is 0.696. The van der Waals surface area contributed by atoms with Crippen molar-refractivity contribution in [1.29, 1.82) is 0 Å². The lowest BCUT2D eigenvalue weighted by atomic mass is 9.69. The number of hydrogen-bond donors (Lipinski definition) is 3. The van der Waals surface area contributed by atoms with E-state index in [4.69, 9.17) is 5.73 Å². The molecule has 0 unspecified atom stereocenters. The number of nitrogens with one attached hydrogen (secondary N) is 2. The molecule has 6 heteroatoms. The number of anilines is 2. The summed E-state index contributed by atoms with van der Waals surface area (Å²) in [7, 11) is 0. The second-order valence-electron chi connectivity index (χ2n) is 7.64. The Labute approximate surface area is 164 Å². The molecule has 3 amide bonds. The van der Waals surface area contributed by atoms with Crippen molar-refractivity contribution in [1.82, 2.24) is 0 Å². The zero-order valence-electron chi connectivity index (χ0n) is 16.1.